The Labute approximate surface area is 113 Å². The summed E-state index contributed by atoms with van der Waals surface area (Å²) < 4.78 is 11.0. The van der Waals surface area contributed by atoms with E-state index in [1.807, 2.05) is 55.5 Å². The highest BCUT2D eigenvalue weighted by atomic mass is 16.5. The van der Waals surface area contributed by atoms with Crippen LogP contribution in [0.2, 0.25) is 0 Å². The number of ether oxygens (including phenoxy) is 2. The molecule has 1 atom stereocenters. The molecule has 0 aliphatic heterocycles. The SMILES string of the molecule is CCC(O)c1ccccc1Oc1cccc(OC)c1. The van der Waals surface area contributed by atoms with Crippen molar-refractivity contribution in [3.05, 3.63) is 54.1 Å². The number of aliphatic hydroxyl groups excluding tert-OH is 1. The summed E-state index contributed by atoms with van der Waals surface area (Å²) >= 11 is 0. The lowest BCUT2D eigenvalue weighted by Gasteiger charge is -2.15. The Bertz CT molecular complexity index is 537. The topological polar surface area (TPSA) is 38.7 Å². The smallest absolute Gasteiger partial charge is 0.133 e. The van der Waals surface area contributed by atoms with Gasteiger partial charge in [-0.3, -0.25) is 0 Å². The van der Waals surface area contributed by atoms with Gasteiger partial charge in [-0.2, -0.15) is 0 Å². The van der Waals surface area contributed by atoms with Gasteiger partial charge < -0.3 is 14.6 Å². The Hall–Kier alpha value is -2.00. The highest BCUT2D eigenvalue weighted by molar-refractivity contribution is 5.41. The molecular weight excluding hydrogens is 240 g/mol. The van der Waals surface area contributed by atoms with Crippen LogP contribution in [-0.2, 0) is 0 Å². The van der Waals surface area contributed by atoms with Crippen LogP contribution in [0.5, 0.6) is 17.2 Å². The summed E-state index contributed by atoms with van der Waals surface area (Å²) in [5.74, 6) is 2.10. The van der Waals surface area contributed by atoms with E-state index in [-0.39, 0.29) is 0 Å². The molecule has 0 fully saturated rings. The molecule has 0 spiro atoms. The molecule has 3 nitrogen and oxygen atoms in total. The zero-order valence-corrected chi connectivity index (χ0v) is 11.2. The van der Waals surface area contributed by atoms with Crippen LogP contribution in [0.4, 0.5) is 0 Å². The predicted octanol–water partition coefficient (Wildman–Crippen LogP) is 3.93. The summed E-state index contributed by atoms with van der Waals surface area (Å²) in [4.78, 5) is 0. The second-order valence-electron chi connectivity index (χ2n) is 4.24. The summed E-state index contributed by atoms with van der Waals surface area (Å²) in [5.41, 5.74) is 0.799. The average Bonchev–Trinajstić information content (AvgIpc) is 2.47. The van der Waals surface area contributed by atoms with E-state index in [1.165, 1.54) is 0 Å². The number of hydrogen-bond acceptors (Lipinski definition) is 3. The van der Waals surface area contributed by atoms with Gasteiger partial charge in [-0.05, 0) is 24.6 Å². The average molecular weight is 258 g/mol. The van der Waals surface area contributed by atoms with Gasteiger partial charge in [0.15, 0.2) is 0 Å². The van der Waals surface area contributed by atoms with Gasteiger partial charge in [-0.25, -0.2) is 0 Å². The fourth-order valence-corrected chi connectivity index (χ4v) is 1.86. The zero-order chi connectivity index (χ0) is 13.7. The highest BCUT2D eigenvalue weighted by Gasteiger charge is 2.11. The van der Waals surface area contributed by atoms with E-state index in [1.54, 1.807) is 7.11 Å². The molecule has 0 amide bonds. The molecule has 0 aromatic heterocycles. The molecule has 0 heterocycles. The molecule has 2 aromatic rings. The van der Waals surface area contributed by atoms with Crippen molar-refractivity contribution in [1.82, 2.24) is 0 Å². The van der Waals surface area contributed by atoms with Crippen molar-refractivity contribution in [3.63, 3.8) is 0 Å². The summed E-state index contributed by atoms with van der Waals surface area (Å²) in [6.45, 7) is 1.94. The first kappa shape index (κ1) is 13.4. The molecular formula is C16H18O3. The maximum Gasteiger partial charge on any atom is 0.133 e. The van der Waals surface area contributed by atoms with Crippen molar-refractivity contribution in [3.8, 4) is 17.2 Å². The third-order valence-corrected chi connectivity index (χ3v) is 2.93. The molecule has 2 aromatic carbocycles. The molecule has 3 heteroatoms. The van der Waals surface area contributed by atoms with E-state index < -0.39 is 6.10 Å². The monoisotopic (exact) mass is 258 g/mol. The fourth-order valence-electron chi connectivity index (χ4n) is 1.86. The maximum atomic E-state index is 9.98. The lowest BCUT2D eigenvalue weighted by atomic mass is 10.1. The van der Waals surface area contributed by atoms with Gasteiger partial charge in [0.05, 0.1) is 13.2 Å². The summed E-state index contributed by atoms with van der Waals surface area (Å²) in [7, 11) is 1.62. The molecule has 0 saturated carbocycles. The van der Waals surface area contributed by atoms with E-state index in [2.05, 4.69) is 0 Å². The van der Waals surface area contributed by atoms with Crippen molar-refractivity contribution < 1.29 is 14.6 Å². The number of methoxy groups -OCH3 is 1. The Kier molecular flexibility index (Phi) is 4.42. The number of rotatable bonds is 5. The summed E-state index contributed by atoms with van der Waals surface area (Å²) in [6.07, 6.45) is 0.139. The molecule has 0 radical (unpaired) electrons. The van der Waals surface area contributed by atoms with Gasteiger partial charge in [0.25, 0.3) is 0 Å². The van der Waals surface area contributed by atoms with Crippen molar-refractivity contribution in [2.75, 3.05) is 7.11 Å². The van der Waals surface area contributed by atoms with Crippen LogP contribution in [0.25, 0.3) is 0 Å². The third-order valence-electron chi connectivity index (χ3n) is 2.93. The quantitative estimate of drug-likeness (QED) is 0.883. The summed E-state index contributed by atoms with van der Waals surface area (Å²) in [6, 6.07) is 14.9. The standard InChI is InChI=1S/C16H18O3/c1-3-15(17)14-9-4-5-10-16(14)19-13-8-6-7-12(11-13)18-2/h4-11,15,17H,3H2,1-2H3. The molecule has 100 valence electrons. The number of benzene rings is 2. The van der Waals surface area contributed by atoms with Crippen LogP contribution in [0.1, 0.15) is 25.0 Å². The number of para-hydroxylation sites is 1. The molecule has 19 heavy (non-hydrogen) atoms. The first-order chi connectivity index (χ1) is 9.24. The van der Waals surface area contributed by atoms with Gasteiger partial charge in [0.2, 0.25) is 0 Å². The van der Waals surface area contributed by atoms with E-state index >= 15 is 0 Å². The van der Waals surface area contributed by atoms with Crippen LogP contribution in [-0.4, -0.2) is 12.2 Å². The second-order valence-corrected chi connectivity index (χ2v) is 4.24. The van der Waals surface area contributed by atoms with Crippen molar-refractivity contribution in [1.29, 1.82) is 0 Å². The minimum Gasteiger partial charge on any atom is -0.497 e. The van der Waals surface area contributed by atoms with E-state index in [9.17, 15) is 5.11 Å². The Balaban J connectivity index is 2.27. The normalized spacial score (nSPS) is 11.9. The minimum absolute atomic E-state index is 0.512. The Morgan fingerprint density at radius 3 is 2.53 bits per heavy atom. The molecule has 0 aliphatic carbocycles. The van der Waals surface area contributed by atoms with Gasteiger partial charge >= 0.3 is 0 Å². The van der Waals surface area contributed by atoms with E-state index in [0.29, 0.717) is 17.9 Å². The van der Waals surface area contributed by atoms with Crippen molar-refractivity contribution in [2.45, 2.75) is 19.4 Å². The van der Waals surface area contributed by atoms with Gasteiger partial charge in [-0.15, -0.1) is 0 Å². The largest absolute Gasteiger partial charge is 0.497 e. The third kappa shape index (κ3) is 3.26. The molecule has 2 rings (SSSR count). The zero-order valence-electron chi connectivity index (χ0n) is 11.2. The molecule has 1 unspecified atom stereocenters. The fraction of sp³-hybridized carbons (Fsp3) is 0.250. The number of aliphatic hydroxyl groups is 1. The van der Waals surface area contributed by atoms with E-state index in [4.69, 9.17) is 9.47 Å². The molecule has 0 aliphatic rings. The lowest BCUT2D eigenvalue weighted by Crippen LogP contribution is -1.98. The Morgan fingerprint density at radius 2 is 1.79 bits per heavy atom. The van der Waals surface area contributed by atoms with Crippen LogP contribution in [0.15, 0.2) is 48.5 Å². The lowest BCUT2D eigenvalue weighted by molar-refractivity contribution is 0.170. The van der Waals surface area contributed by atoms with Crippen LogP contribution in [0, 0.1) is 0 Å². The van der Waals surface area contributed by atoms with E-state index in [0.717, 1.165) is 11.3 Å². The first-order valence-corrected chi connectivity index (χ1v) is 6.33. The second kappa shape index (κ2) is 6.25. The van der Waals surface area contributed by atoms with Crippen LogP contribution < -0.4 is 9.47 Å². The molecule has 0 saturated heterocycles. The molecule has 0 bridgehead atoms. The Morgan fingerprint density at radius 1 is 1.05 bits per heavy atom. The summed E-state index contributed by atoms with van der Waals surface area (Å²) in [5, 5.41) is 9.98. The first-order valence-electron chi connectivity index (χ1n) is 6.33. The molecule has 1 N–H and O–H groups in total. The maximum absolute atomic E-state index is 9.98. The highest BCUT2D eigenvalue weighted by Crippen LogP contribution is 2.31. The minimum atomic E-state index is -0.512. The van der Waals surface area contributed by atoms with Crippen molar-refractivity contribution in [2.24, 2.45) is 0 Å². The van der Waals surface area contributed by atoms with Gasteiger partial charge in [-0.1, -0.05) is 31.2 Å². The van der Waals surface area contributed by atoms with Gasteiger partial charge in [0, 0.05) is 11.6 Å². The van der Waals surface area contributed by atoms with Crippen molar-refractivity contribution >= 4 is 0 Å². The van der Waals surface area contributed by atoms with Crippen LogP contribution >= 0.6 is 0 Å². The van der Waals surface area contributed by atoms with Crippen LogP contribution in [0.3, 0.4) is 0 Å². The predicted molar refractivity (Wildman–Crippen MR) is 74.8 cm³/mol. The van der Waals surface area contributed by atoms with Gasteiger partial charge in [0.1, 0.15) is 17.2 Å². The number of hydrogen-bond donors (Lipinski definition) is 1.